The zero-order chi connectivity index (χ0) is 14.2. The molecule has 2 rings (SSSR count). The number of anilines is 1. The third-order valence-corrected chi connectivity index (χ3v) is 2.80. The van der Waals surface area contributed by atoms with E-state index >= 15 is 0 Å². The van der Waals surface area contributed by atoms with Gasteiger partial charge in [0, 0.05) is 6.42 Å². The fourth-order valence-electron chi connectivity index (χ4n) is 1.89. The number of hydrogen-bond acceptors (Lipinski definition) is 8. The van der Waals surface area contributed by atoms with Gasteiger partial charge in [0.2, 0.25) is 5.82 Å². The van der Waals surface area contributed by atoms with Crippen LogP contribution in [0.4, 0.5) is 11.5 Å². The zero-order valence-electron chi connectivity index (χ0n) is 9.67. The van der Waals surface area contributed by atoms with Gasteiger partial charge in [0.05, 0.1) is 23.8 Å². The lowest BCUT2D eigenvalue weighted by Crippen LogP contribution is -2.32. The van der Waals surface area contributed by atoms with Crippen molar-refractivity contribution >= 4 is 11.5 Å². The second-order valence-corrected chi connectivity index (χ2v) is 4.09. The highest BCUT2D eigenvalue weighted by Crippen LogP contribution is 2.28. The van der Waals surface area contributed by atoms with Gasteiger partial charge in [0.25, 0.3) is 0 Å². The molecule has 0 amide bonds. The van der Waals surface area contributed by atoms with Crippen LogP contribution in [-0.2, 0) is 4.74 Å². The molecule has 104 valence electrons. The molecule has 1 aliphatic rings. The Morgan fingerprint density at radius 2 is 2.37 bits per heavy atom. The summed E-state index contributed by atoms with van der Waals surface area (Å²) in [6.45, 7) is -0.327. The topological polar surface area (TPSA) is 154 Å². The largest absolute Gasteiger partial charge is 0.394 e. The Balaban J connectivity index is 2.43. The summed E-state index contributed by atoms with van der Waals surface area (Å²) in [6.07, 6.45) is -1.84. The second kappa shape index (κ2) is 4.91. The molecule has 1 aromatic rings. The van der Waals surface area contributed by atoms with E-state index in [0.29, 0.717) is 0 Å². The van der Waals surface area contributed by atoms with E-state index < -0.39 is 40.6 Å². The van der Waals surface area contributed by atoms with Gasteiger partial charge in [-0.05, 0) is 0 Å². The molecular weight excluding hydrogens is 260 g/mol. The van der Waals surface area contributed by atoms with Gasteiger partial charge in [-0.3, -0.25) is 14.7 Å². The average molecular weight is 272 g/mol. The summed E-state index contributed by atoms with van der Waals surface area (Å²) >= 11 is 0. The molecule has 0 unspecified atom stereocenters. The third kappa shape index (κ3) is 2.41. The quantitative estimate of drug-likeness (QED) is 0.438. The van der Waals surface area contributed by atoms with E-state index in [9.17, 15) is 20.0 Å². The molecule has 0 aliphatic carbocycles. The van der Waals surface area contributed by atoms with E-state index in [4.69, 9.17) is 15.6 Å². The van der Waals surface area contributed by atoms with E-state index in [0.717, 1.165) is 10.8 Å². The second-order valence-electron chi connectivity index (χ2n) is 4.09. The molecule has 1 saturated heterocycles. The SMILES string of the molecule is Nc1nc(=O)n([C@@H]2O[C@H](CO)C[C@H]2O)cc1[N+](=O)[O-]. The fourth-order valence-corrected chi connectivity index (χ4v) is 1.89. The van der Waals surface area contributed by atoms with Crippen molar-refractivity contribution in [3.63, 3.8) is 0 Å². The Morgan fingerprint density at radius 1 is 1.68 bits per heavy atom. The Kier molecular flexibility index (Phi) is 3.46. The molecule has 2 heterocycles. The summed E-state index contributed by atoms with van der Waals surface area (Å²) in [7, 11) is 0. The molecule has 19 heavy (non-hydrogen) atoms. The summed E-state index contributed by atoms with van der Waals surface area (Å²) in [5.74, 6) is -0.502. The lowest BCUT2D eigenvalue weighted by molar-refractivity contribution is -0.384. The first kappa shape index (κ1) is 13.4. The normalized spacial score (nSPS) is 26.5. The van der Waals surface area contributed by atoms with E-state index in [-0.39, 0.29) is 13.0 Å². The first-order chi connectivity index (χ1) is 8.93. The standard InChI is InChI=1S/C9H12N4O6/c10-7-5(13(17)18)2-12(9(16)11-7)8-6(15)1-4(3-14)19-8/h2,4,6,8,14-15H,1,3H2,(H2,10,11,16)/t4-,6+,8+/m0/s1. The number of aliphatic hydroxyl groups excluding tert-OH is 2. The third-order valence-electron chi connectivity index (χ3n) is 2.80. The summed E-state index contributed by atoms with van der Waals surface area (Å²) in [4.78, 5) is 24.9. The van der Waals surface area contributed by atoms with E-state index in [1.54, 1.807) is 0 Å². The van der Waals surface area contributed by atoms with Gasteiger partial charge < -0.3 is 20.7 Å². The molecule has 10 heteroatoms. The molecular formula is C9H12N4O6. The van der Waals surface area contributed by atoms with Gasteiger partial charge in [-0.2, -0.15) is 4.98 Å². The minimum atomic E-state index is -1.13. The Hall–Kier alpha value is -2.04. The van der Waals surface area contributed by atoms with Crippen LogP contribution in [0.3, 0.4) is 0 Å². The van der Waals surface area contributed by atoms with Crippen molar-refractivity contribution in [2.45, 2.75) is 24.9 Å². The van der Waals surface area contributed by atoms with Crippen LogP contribution in [0.5, 0.6) is 0 Å². The highest BCUT2D eigenvalue weighted by atomic mass is 16.6. The van der Waals surface area contributed by atoms with Crippen LogP contribution in [0.25, 0.3) is 0 Å². The molecule has 0 spiro atoms. The highest BCUT2D eigenvalue weighted by Gasteiger charge is 2.36. The fraction of sp³-hybridized carbons (Fsp3) is 0.556. The molecule has 0 radical (unpaired) electrons. The molecule has 3 atom stereocenters. The summed E-state index contributed by atoms with van der Waals surface area (Å²) in [5, 5.41) is 29.4. The number of nitrogen functional groups attached to an aromatic ring is 1. The predicted molar refractivity (Wildman–Crippen MR) is 61.2 cm³/mol. The van der Waals surface area contributed by atoms with Gasteiger partial charge in [-0.15, -0.1) is 0 Å². The van der Waals surface area contributed by atoms with Crippen molar-refractivity contribution in [3.05, 3.63) is 26.8 Å². The molecule has 0 saturated carbocycles. The number of hydrogen-bond donors (Lipinski definition) is 3. The zero-order valence-corrected chi connectivity index (χ0v) is 9.67. The Morgan fingerprint density at radius 3 is 2.89 bits per heavy atom. The number of nitrogens with two attached hydrogens (primary N) is 1. The number of aliphatic hydroxyl groups is 2. The molecule has 0 aromatic carbocycles. The van der Waals surface area contributed by atoms with Crippen LogP contribution in [0.15, 0.2) is 11.0 Å². The summed E-state index contributed by atoms with van der Waals surface area (Å²) in [5.41, 5.74) is 3.85. The maximum Gasteiger partial charge on any atom is 0.352 e. The maximum atomic E-state index is 11.6. The smallest absolute Gasteiger partial charge is 0.352 e. The number of nitro groups is 1. The van der Waals surface area contributed by atoms with Gasteiger partial charge in [-0.1, -0.05) is 0 Å². The Labute approximate surface area is 106 Å². The van der Waals surface area contributed by atoms with Crippen LogP contribution in [0.2, 0.25) is 0 Å². The van der Waals surface area contributed by atoms with Crippen LogP contribution >= 0.6 is 0 Å². The van der Waals surface area contributed by atoms with Crippen molar-refractivity contribution in [2.24, 2.45) is 0 Å². The minimum Gasteiger partial charge on any atom is -0.394 e. The average Bonchev–Trinajstić information content (AvgIpc) is 2.70. The van der Waals surface area contributed by atoms with E-state index in [2.05, 4.69) is 4.98 Å². The number of aromatic nitrogens is 2. The first-order valence-corrected chi connectivity index (χ1v) is 5.41. The van der Waals surface area contributed by atoms with Crippen LogP contribution in [-0.4, -0.2) is 43.5 Å². The van der Waals surface area contributed by atoms with Gasteiger partial charge in [-0.25, -0.2) is 4.79 Å². The van der Waals surface area contributed by atoms with Gasteiger partial charge in [0.1, 0.15) is 6.10 Å². The lowest BCUT2D eigenvalue weighted by atomic mass is 10.2. The predicted octanol–water partition coefficient (Wildman–Crippen LogP) is -1.63. The van der Waals surface area contributed by atoms with Crippen molar-refractivity contribution in [2.75, 3.05) is 12.3 Å². The first-order valence-electron chi connectivity index (χ1n) is 5.41. The monoisotopic (exact) mass is 272 g/mol. The molecule has 4 N–H and O–H groups in total. The lowest BCUT2D eigenvalue weighted by Gasteiger charge is -2.16. The van der Waals surface area contributed by atoms with Crippen molar-refractivity contribution in [1.82, 2.24) is 9.55 Å². The van der Waals surface area contributed by atoms with Gasteiger partial charge in [0.15, 0.2) is 6.23 Å². The van der Waals surface area contributed by atoms with Crippen LogP contribution in [0.1, 0.15) is 12.6 Å². The molecule has 0 bridgehead atoms. The molecule has 10 nitrogen and oxygen atoms in total. The number of rotatable bonds is 3. The van der Waals surface area contributed by atoms with Crippen molar-refractivity contribution in [1.29, 1.82) is 0 Å². The maximum absolute atomic E-state index is 11.6. The van der Waals surface area contributed by atoms with Crippen LogP contribution < -0.4 is 11.4 Å². The molecule has 1 aliphatic heterocycles. The molecule has 1 fully saturated rings. The number of ether oxygens (including phenoxy) is 1. The number of nitrogens with zero attached hydrogens (tertiary/aromatic N) is 3. The minimum absolute atomic E-state index is 0.117. The van der Waals surface area contributed by atoms with Crippen molar-refractivity contribution < 1.29 is 19.9 Å². The molecule has 1 aromatic heterocycles. The van der Waals surface area contributed by atoms with E-state index in [1.165, 1.54) is 0 Å². The van der Waals surface area contributed by atoms with E-state index in [1.807, 2.05) is 0 Å². The summed E-state index contributed by atoms with van der Waals surface area (Å²) < 4.78 is 6.02. The van der Waals surface area contributed by atoms with Crippen molar-refractivity contribution in [3.8, 4) is 0 Å². The van der Waals surface area contributed by atoms with Crippen LogP contribution in [0, 0.1) is 10.1 Å². The summed E-state index contributed by atoms with van der Waals surface area (Å²) in [6, 6.07) is 0. The highest BCUT2D eigenvalue weighted by molar-refractivity contribution is 5.49. The van der Waals surface area contributed by atoms with Gasteiger partial charge >= 0.3 is 11.4 Å². The Bertz CT molecular complexity index is 558.